The first-order valence-corrected chi connectivity index (χ1v) is 10.4. The topological polar surface area (TPSA) is 193 Å². The molecule has 1 unspecified atom stereocenters. The summed E-state index contributed by atoms with van der Waals surface area (Å²) in [5, 5.41) is 14.5. The van der Waals surface area contributed by atoms with E-state index in [0.717, 1.165) is 0 Å². The van der Waals surface area contributed by atoms with Gasteiger partial charge in [-0.25, -0.2) is 9.18 Å². The highest BCUT2D eigenvalue weighted by molar-refractivity contribution is 5.97. The van der Waals surface area contributed by atoms with Crippen LogP contribution in [0.3, 0.4) is 0 Å². The standard InChI is InChI=1S/C21H25FN6O5/c22-14-8-10(1-2-11-7-13-17(25-9-11)27-21(24)28-19(13)31)3-4-12(14)18(30)26-15(20(32)33)5-6-16(23)29/h3-4,8,11,15H,1-2,5-7,9H2,(H2,23,29)(H,26,30)(H,32,33)(H4,24,25,27,28,31)/t11?,15-/m0/s1. The van der Waals surface area contributed by atoms with Gasteiger partial charge in [0.05, 0.1) is 11.1 Å². The second-order valence-electron chi connectivity index (χ2n) is 7.95. The molecule has 176 valence electrons. The second-order valence-corrected chi connectivity index (χ2v) is 7.95. The Morgan fingerprint density at radius 1 is 1.33 bits per heavy atom. The summed E-state index contributed by atoms with van der Waals surface area (Å²) in [4.78, 5) is 53.1. The Kier molecular flexibility index (Phi) is 7.26. The highest BCUT2D eigenvalue weighted by Gasteiger charge is 2.24. The van der Waals surface area contributed by atoms with Crippen molar-refractivity contribution in [1.82, 2.24) is 15.3 Å². The van der Waals surface area contributed by atoms with Crippen LogP contribution in [-0.4, -0.2) is 45.4 Å². The molecule has 1 aromatic carbocycles. The van der Waals surface area contributed by atoms with E-state index in [2.05, 4.69) is 20.6 Å². The van der Waals surface area contributed by atoms with Gasteiger partial charge < -0.3 is 27.2 Å². The quantitative estimate of drug-likeness (QED) is 0.304. The van der Waals surface area contributed by atoms with Gasteiger partial charge in [0.15, 0.2) is 0 Å². The molecule has 8 N–H and O–H groups in total. The maximum atomic E-state index is 14.6. The summed E-state index contributed by atoms with van der Waals surface area (Å²) in [7, 11) is 0. The Morgan fingerprint density at radius 3 is 2.76 bits per heavy atom. The number of aliphatic carboxylic acids is 1. The number of nitrogen functional groups attached to an aromatic ring is 1. The minimum atomic E-state index is -1.36. The number of amides is 2. The van der Waals surface area contributed by atoms with E-state index in [-0.39, 0.29) is 35.8 Å². The molecular formula is C21H25FN6O5. The molecule has 0 saturated carbocycles. The fourth-order valence-corrected chi connectivity index (χ4v) is 3.71. The molecule has 1 aliphatic rings. The number of nitrogens with zero attached hydrogens (tertiary/aromatic N) is 1. The Balaban J connectivity index is 1.60. The fraction of sp³-hybridized carbons (Fsp3) is 0.381. The van der Waals surface area contributed by atoms with Gasteiger partial charge in [-0.3, -0.25) is 19.4 Å². The van der Waals surface area contributed by atoms with Crippen LogP contribution in [0.15, 0.2) is 23.0 Å². The lowest BCUT2D eigenvalue weighted by Gasteiger charge is -2.24. The van der Waals surface area contributed by atoms with E-state index in [4.69, 9.17) is 11.5 Å². The van der Waals surface area contributed by atoms with Gasteiger partial charge in [-0.05, 0) is 49.3 Å². The number of nitrogens with two attached hydrogens (primary N) is 2. The number of hydrogen-bond donors (Lipinski definition) is 6. The van der Waals surface area contributed by atoms with Gasteiger partial charge in [-0.15, -0.1) is 0 Å². The number of benzene rings is 1. The number of aromatic amines is 1. The van der Waals surface area contributed by atoms with Crippen molar-refractivity contribution < 1.29 is 23.9 Å². The zero-order chi connectivity index (χ0) is 24.1. The molecule has 0 saturated heterocycles. The first-order chi connectivity index (χ1) is 15.6. The SMILES string of the molecule is NC(=O)CC[C@H](NC(=O)c1ccc(CCC2CNc3nc(N)[nH]c(=O)c3C2)cc1F)C(=O)O. The van der Waals surface area contributed by atoms with Crippen molar-refractivity contribution in [2.24, 2.45) is 11.7 Å². The van der Waals surface area contributed by atoms with E-state index in [1.165, 1.54) is 12.1 Å². The number of halogens is 1. The lowest BCUT2D eigenvalue weighted by Crippen LogP contribution is -2.41. The number of carbonyl (C=O) groups excluding carboxylic acids is 2. The number of nitrogens with one attached hydrogen (secondary N) is 3. The molecule has 3 rings (SSSR count). The lowest BCUT2D eigenvalue weighted by atomic mass is 9.91. The number of H-pyrrole nitrogens is 1. The molecule has 11 nitrogen and oxygen atoms in total. The Hall–Kier alpha value is -3.96. The number of fused-ring (bicyclic) bond motifs is 1. The summed E-state index contributed by atoms with van der Waals surface area (Å²) in [5.74, 6) is -3.08. The summed E-state index contributed by atoms with van der Waals surface area (Å²) in [6, 6.07) is 2.75. The third-order valence-electron chi connectivity index (χ3n) is 5.49. The number of hydrogen-bond acceptors (Lipinski definition) is 7. The number of carboxylic acid groups (broad SMARTS) is 1. The first-order valence-electron chi connectivity index (χ1n) is 10.4. The third kappa shape index (κ3) is 6.05. The Labute approximate surface area is 187 Å². The van der Waals surface area contributed by atoms with E-state index in [1.807, 2.05) is 0 Å². The van der Waals surface area contributed by atoms with Crippen molar-refractivity contribution in [2.45, 2.75) is 38.1 Å². The Morgan fingerprint density at radius 2 is 2.09 bits per heavy atom. The predicted octanol–water partition coefficient (Wildman–Crippen LogP) is 0.157. The van der Waals surface area contributed by atoms with Crippen LogP contribution in [0.25, 0.3) is 0 Å². The molecule has 0 radical (unpaired) electrons. The molecular weight excluding hydrogens is 435 g/mol. The van der Waals surface area contributed by atoms with Crippen molar-refractivity contribution in [2.75, 3.05) is 17.6 Å². The van der Waals surface area contributed by atoms with Crippen LogP contribution in [0.2, 0.25) is 0 Å². The van der Waals surface area contributed by atoms with Crippen molar-refractivity contribution >= 4 is 29.5 Å². The molecule has 0 spiro atoms. The predicted molar refractivity (Wildman–Crippen MR) is 117 cm³/mol. The van der Waals surface area contributed by atoms with Crippen LogP contribution in [0, 0.1) is 11.7 Å². The maximum Gasteiger partial charge on any atom is 0.326 e. The highest BCUT2D eigenvalue weighted by atomic mass is 19.1. The van der Waals surface area contributed by atoms with Crippen molar-refractivity contribution in [3.05, 3.63) is 51.1 Å². The zero-order valence-corrected chi connectivity index (χ0v) is 17.7. The van der Waals surface area contributed by atoms with Gasteiger partial charge in [-0.1, -0.05) is 6.07 Å². The average molecular weight is 460 g/mol. The molecule has 2 amide bonds. The third-order valence-corrected chi connectivity index (χ3v) is 5.49. The molecule has 33 heavy (non-hydrogen) atoms. The number of carbonyl (C=O) groups is 3. The van der Waals surface area contributed by atoms with Gasteiger partial charge in [-0.2, -0.15) is 4.98 Å². The molecule has 0 aliphatic carbocycles. The van der Waals surface area contributed by atoms with Gasteiger partial charge >= 0.3 is 5.97 Å². The van der Waals surface area contributed by atoms with Crippen LogP contribution in [0.4, 0.5) is 16.2 Å². The van der Waals surface area contributed by atoms with Gasteiger partial charge in [0.1, 0.15) is 17.7 Å². The normalized spacial score (nSPS) is 15.7. The summed E-state index contributed by atoms with van der Waals surface area (Å²) in [5.41, 5.74) is 11.2. The number of aromatic nitrogens is 2. The Bertz CT molecular complexity index is 1130. The summed E-state index contributed by atoms with van der Waals surface area (Å²) in [6.07, 6.45) is 1.26. The zero-order valence-electron chi connectivity index (χ0n) is 17.7. The summed E-state index contributed by atoms with van der Waals surface area (Å²) in [6.45, 7) is 0.591. The van der Waals surface area contributed by atoms with Crippen LogP contribution in [-0.2, 0) is 22.4 Å². The number of carboxylic acids is 1. The van der Waals surface area contributed by atoms with Crippen LogP contribution >= 0.6 is 0 Å². The van der Waals surface area contributed by atoms with Gasteiger partial charge in [0.25, 0.3) is 11.5 Å². The van der Waals surface area contributed by atoms with E-state index < -0.39 is 29.6 Å². The van der Waals surface area contributed by atoms with Crippen molar-refractivity contribution in [1.29, 1.82) is 0 Å². The number of primary amides is 1. The van der Waals surface area contributed by atoms with E-state index in [9.17, 15) is 28.7 Å². The van der Waals surface area contributed by atoms with Crippen LogP contribution in [0.1, 0.15) is 40.7 Å². The summed E-state index contributed by atoms with van der Waals surface area (Å²) < 4.78 is 14.6. The molecule has 0 fully saturated rings. The highest BCUT2D eigenvalue weighted by Crippen LogP contribution is 2.24. The van der Waals surface area contributed by atoms with Crippen molar-refractivity contribution in [3.63, 3.8) is 0 Å². The lowest BCUT2D eigenvalue weighted by molar-refractivity contribution is -0.139. The first kappa shape index (κ1) is 23.7. The number of anilines is 2. The van der Waals surface area contributed by atoms with Gasteiger partial charge in [0.2, 0.25) is 11.9 Å². The molecule has 2 heterocycles. The summed E-state index contributed by atoms with van der Waals surface area (Å²) >= 11 is 0. The second kappa shape index (κ2) is 10.1. The van der Waals surface area contributed by atoms with Crippen molar-refractivity contribution in [3.8, 4) is 0 Å². The minimum Gasteiger partial charge on any atom is -0.480 e. The number of rotatable bonds is 9. The molecule has 2 aromatic rings. The largest absolute Gasteiger partial charge is 0.480 e. The molecule has 1 aliphatic heterocycles. The monoisotopic (exact) mass is 460 g/mol. The maximum absolute atomic E-state index is 14.6. The molecule has 2 atom stereocenters. The fourth-order valence-electron chi connectivity index (χ4n) is 3.71. The molecule has 0 bridgehead atoms. The van der Waals surface area contributed by atoms with E-state index >= 15 is 0 Å². The molecule has 1 aromatic heterocycles. The molecule has 12 heteroatoms. The van der Waals surface area contributed by atoms with Gasteiger partial charge in [0, 0.05) is 13.0 Å². The van der Waals surface area contributed by atoms with Crippen LogP contribution < -0.4 is 27.7 Å². The van der Waals surface area contributed by atoms with E-state index in [1.54, 1.807) is 6.07 Å². The van der Waals surface area contributed by atoms with Crippen LogP contribution in [0.5, 0.6) is 0 Å². The van der Waals surface area contributed by atoms with E-state index in [0.29, 0.717) is 42.8 Å². The average Bonchev–Trinajstić information content (AvgIpc) is 2.74. The minimum absolute atomic E-state index is 0.0480. The smallest absolute Gasteiger partial charge is 0.326 e. The number of aryl methyl sites for hydroxylation is 1.